The number of likely N-dealkylation sites (tertiary alicyclic amines) is 1. The molecule has 3 aromatic rings. The van der Waals surface area contributed by atoms with Crippen LogP contribution in [-0.2, 0) is 9.59 Å². The Morgan fingerprint density at radius 1 is 0.789 bits per heavy atom. The summed E-state index contributed by atoms with van der Waals surface area (Å²) < 4.78 is 0. The molecule has 14 heteroatoms. The molecule has 294 valence electrons. The van der Waals surface area contributed by atoms with Gasteiger partial charge in [-0.05, 0) is 92.1 Å². The van der Waals surface area contributed by atoms with Gasteiger partial charge in [0.05, 0.1) is 27.4 Å². The van der Waals surface area contributed by atoms with Crippen LogP contribution < -0.4 is 20.0 Å². The Labute approximate surface area is 336 Å². The van der Waals surface area contributed by atoms with E-state index in [-0.39, 0.29) is 24.2 Å². The second-order valence-corrected chi connectivity index (χ2v) is 16.8. The lowest BCUT2D eigenvalue weighted by Gasteiger charge is -2.40. The Hall–Kier alpha value is -5.45. The number of nitrogens with zero attached hydrogens (tertiary/aromatic N) is 7. The van der Waals surface area contributed by atoms with Crippen LogP contribution in [-0.4, -0.2) is 122 Å². The fraction of sp³-hybridized carbons (Fsp3) is 0.442. The number of amides is 5. The van der Waals surface area contributed by atoms with Gasteiger partial charge in [0.1, 0.15) is 12.1 Å². The van der Waals surface area contributed by atoms with E-state index in [1.54, 1.807) is 18.2 Å². The lowest BCUT2D eigenvalue weighted by atomic mass is 9.77. The first-order valence-electron chi connectivity index (χ1n) is 20.0. The van der Waals surface area contributed by atoms with Gasteiger partial charge >= 0.3 is 0 Å². The molecule has 1 spiro atoms. The fourth-order valence-corrected chi connectivity index (χ4v) is 10.1. The van der Waals surface area contributed by atoms with E-state index in [1.807, 2.05) is 35.2 Å². The SMILES string of the molecule is N#Cc1ccc(N2CCC3(CCN(C(=O)c4ccc(N5CCN(C6CCN(c7cccc8c7C(=O)N(C7CCC(=O)NC7=O)C8=O)C6)CC5)cc4)C3)CC2)cc1Cl. The van der Waals surface area contributed by atoms with E-state index >= 15 is 0 Å². The Morgan fingerprint density at radius 3 is 2.23 bits per heavy atom. The molecule has 1 N–H and O–H groups in total. The second-order valence-electron chi connectivity index (χ2n) is 16.3. The summed E-state index contributed by atoms with van der Waals surface area (Å²) in [6, 6.07) is 20.5. The Morgan fingerprint density at radius 2 is 1.51 bits per heavy atom. The molecule has 0 aromatic heterocycles. The summed E-state index contributed by atoms with van der Waals surface area (Å²) in [6.07, 6.45) is 4.18. The van der Waals surface area contributed by atoms with Gasteiger partial charge < -0.3 is 19.6 Å². The van der Waals surface area contributed by atoms with Gasteiger partial charge in [-0.15, -0.1) is 0 Å². The highest BCUT2D eigenvalue weighted by Crippen LogP contribution is 2.42. The van der Waals surface area contributed by atoms with Gasteiger partial charge in [-0.1, -0.05) is 17.7 Å². The third kappa shape index (κ3) is 6.78. The highest BCUT2D eigenvalue weighted by molar-refractivity contribution is 6.32. The van der Waals surface area contributed by atoms with Crippen LogP contribution in [0.5, 0.6) is 0 Å². The van der Waals surface area contributed by atoms with Crippen LogP contribution in [0, 0.1) is 16.7 Å². The van der Waals surface area contributed by atoms with Gasteiger partial charge in [0.15, 0.2) is 0 Å². The number of anilines is 3. The van der Waals surface area contributed by atoms with Crippen molar-refractivity contribution < 1.29 is 24.0 Å². The van der Waals surface area contributed by atoms with Crippen molar-refractivity contribution in [2.24, 2.45) is 5.41 Å². The van der Waals surface area contributed by atoms with Crippen LogP contribution in [0.1, 0.15) is 75.2 Å². The third-order valence-corrected chi connectivity index (χ3v) is 13.6. The van der Waals surface area contributed by atoms with Gasteiger partial charge in [-0.2, -0.15) is 5.26 Å². The standard InChI is InChI=1S/C43H45ClN8O5/c44-34-24-31(9-6-29(34)25-45)47-17-13-43(14-18-47)15-19-51(27-43)40(55)28-4-7-30(8-5-28)48-20-22-49(23-21-48)32-12-16-50(26-32)35-3-1-2-33-38(35)42(57)52(41(33)56)36-10-11-37(53)46-39(36)54/h1-9,24,32,36H,10-23,26-27H2,(H,46,53,54). The molecule has 5 amide bonds. The van der Waals surface area contributed by atoms with Crippen molar-refractivity contribution >= 4 is 58.2 Å². The Balaban J connectivity index is 0.767. The van der Waals surface area contributed by atoms with Gasteiger partial charge in [0.2, 0.25) is 11.8 Å². The summed E-state index contributed by atoms with van der Waals surface area (Å²) in [7, 11) is 0. The molecule has 0 bridgehead atoms. The molecule has 13 nitrogen and oxygen atoms in total. The number of nitrogens with one attached hydrogen (secondary N) is 1. The summed E-state index contributed by atoms with van der Waals surface area (Å²) in [4.78, 5) is 77.5. The number of carbonyl (C=O) groups is 5. The molecule has 6 aliphatic heterocycles. The van der Waals surface area contributed by atoms with Crippen molar-refractivity contribution in [3.05, 3.63) is 87.9 Å². The number of benzene rings is 3. The van der Waals surface area contributed by atoms with Crippen molar-refractivity contribution in [3.8, 4) is 6.07 Å². The molecule has 3 aromatic carbocycles. The maximum atomic E-state index is 13.7. The first-order chi connectivity index (χ1) is 27.6. The zero-order valence-electron chi connectivity index (χ0n) is 31.8. The summed E-state index contributed by atoms with van der Waals surface area (Å²) in [5, 5.41) is 12.0. The lowest BCUT2D eigenvalue weighted by Crippen LogP contribution is -2.54. The van der Waals surface area contributed by atoms with E-state index in [9.17, 15) is 29.2 Å². The van der Waals surface area contributed by atoms with Gasteiger partial charge in [-0.3, -0.25) is 39.1 Å². The second kappa shape index (κ2) is 14.8. The van der Waals surface area contributed by atoms with Crippen molar-refractivity contribution in [3.63, 3.8) is 0 Å². The minimum Gasteiger partial charge on any atom is -0.371 e. The van der Waals surface area contributed by atoms with Gasteiger partial charge in [0, 0.05) is 94.8 Å². The molecule has 2 unspecified atom stereocenters. The number of carbonyl (C=O) groups excluding carboxylic acids is 5. The van der Waals surface area contributed by atoms with Gasteiger partial charge in [-0.25, -0.2) is 0 Å². The number of piperidine rings is 2. The molecule has 57 heavy (non-hydrogen) atoms. The first kappa shape index (κ1) is 37.1. The average Bonchev–Trinajstić information content (AvgIpc) is 3.95. The van der Waals surface area contributed by atoms with Crippen LogP contribution in [0.15, 0.2) is 60.7 Å². The number of rotatable bonds is 6. The summed E-state index contributed by atoms with van der Waals surface area (Å²) in [5.41, 5.74) is 4.86. The molecular weight excluding hydrogens is 744 g/mol. The van der Waals surface area contributed by atoms with Crippen LogP contribution in [0.2, 0.25) is 5.02 Å². The molecule has 0 radical (unpaired) electrons. The van der Waals surface area contributed by atoms with Crippen molar-refractivity contribution in [1.82, 2.24) is 20.0 Å². The van der Waals surface area contributed by atoms with Crippen molar-refractivity contribution in [2.75, 3.05) is 80.1 Å². The Bertz CT molecular complexity index is 2190. The minimum absolute atomic E-state index is 0.0868. The molecule has 0 aliphatic carbocycles. The molecule has 6 heterocycles. The first-order valence-corrected chi connectivity index (χ1v) is 20.4. The van der Waals surface area contributed by atoms with Crippen LogP contribution in [0.4, 0.5) is 17.1 Å². The smallest absolute Gasteiger partial charge is 0.264 e. The van der Waals surface area contributed by atoms with Crippen LogP contribution >= 0.6 is 11.6 Å². The maximum absolute atomic E-state index is 13.7. The number of halogens is 1. The number of hydrogen-bond acceptors (Lipinski definition) is 10. The normalized spacial score (nSPS) is 23.7. The number of imide groups is 2. The highest BCUT2D eigenvalue weighted by Gasteiger charge is 2.47. The number of nitriles is 1. The average molecular weight is 789 g/mol. The fourth-order valence-electron chi connectivity index (χ4n) is 9.91. The summed E-state index contributed by atoms with van der Waals surface area (Å²) in [6.45, 7) is 8.32. The zero-order valence-corrected chi connectivity index (χ0v) is 32.5. The van der Waals surface area contributed by atoms with Gasteiger partial charge in [0.25, 0.3) is 17.7 Å². The third-order valence-electron chi connectivity index (χ3n) is 13.2. The monoisotopic (exact) mass is 788 g/mol. The summed E-state index contributed by atoms with van der Waals surface area (Å²) in [5.74, 6) is -1.87. The van der Waals surface area contributed by atoms with E-state index < -0.39 is 29.7 Å². The largest absolute Gasteiger partial charge is 0.371 e. The Kier molecular flexibility index (Phi) is 9.65. The van der Waals surface area contributed by atoms with Crippen LogP contribution in [0.3, 0.4) is 0 Å². The molecule has 0 saturated carbocycles. The quantitative estimate of drug-likeness (QED) is 0.363. The predicted octanol–water partition coefficient (Wildman–Crippen LogP) is 4.15. The van der Waals surface area contributed by atoms with E-state index in [2.05, 4.69) is 43.1 Å². The minimum atomic E-state index is -0.988. The van der Waals surface area contributed by atoms with E-state index in [1.165, 1.54) is 0 Å². The number of hydrogen-bond donors (Lipinski definition) is 1. The molecule has 9 rings (SSSR count). The lowest BCUT2D eigenvalue weighted by molar-refractivity contribution is -0.136. The molecular formula is C43H45ClN8O5. The van der Waals surface area contributed by atoms with E-state index in [4.69, 9.17) is 11.6 Å². The molecule has 6 aliphatic rings. The van der Waals surface area contributed by atoms with E-state index in [0.29, 0.717) is 27.8 Å². The molecule has 2 atom stereocenters. The number of piperazine rings is 1. The highest BCUT2D eigenvalue weighted by atomic mass is 35.5. The van der Waals surface area contributed by atoms with Crippen LogP contribution in [0.25, 0.3) is 0 Å². The zero-order chi connectivity index (χ0) is 39.4. The van der Waals surface area contributed by atoms with Crippen molar-refractivity contribution in [1.29, 1.82) is 5.26 Å². The topological polar surface area (TPSA) is 141 Å². The molecule has 5 saturated heterocycles. The summed E-state index contributed by atoms with van der Waals surface area (Å²) >= 11 is 6.30. The number of fused-ring (bicyclic) bond motifs is 1. The maximum Gasteiger partial charge on any atom is 0.264 e. The van der Waals surface area contributed by atoms with E-state index in [0.717, 1.165) is 119 Å². The molecule has 5 fully saturated rings. The van der Waals surface area contributed by atoms with Crippen molar-refractivity contribution in [2.45, 2.75) is 50.6 Å². The predicted molar refractivity (Wildman–Crippen MR) is 215 cm³/mol.